The van der Waals surface area contributed by atoms with Crippen LogP contribution in [0.2, 0.25) is 0 Å². The van der Waals surface area contributed by atoms with Gasteiger partial charge in [-0.1, -0.05) is 30.3 Å². The number of carbonyl (C=O) groups excluding carboxylic acids is 2. The van der Waals surface area contributed by atoms with Gasteiger partial charge in [0.25, 0.3) is 5.78 Å². The molecule has 1 fully saturated rings. The summed E-state index contributed by atoms with van der Waals surface area (Å²) in [6.45, 7) is 4.16. The maximum absolute atomic E-state index is 14.8. The molecule has 4 rings (SSSR count). The minimum atomic E-state index is -1.21. The quantitative estimate of drug-likeness (QED) is 0.347. The number of aromatic nitrogens is 1. The maximum Gasteiger partial charge on any atom is 0.301 e. The summed E-state index contributed by atoms with van der Waals surface area (Å²) < 4.78 is 25.4. The molecule has 2 aromatic carbocycles. The van der Waals surface area contributed by atoms with Crippen molar-refractivity contribution in [3.63, 3.8) is 0 Å². The van der Waals surface area contributed by atoms with Crippen molar-refractivity contribution < 1.29 is 28.3 Å². The molecule has 1 amide bonds. The first-order valence-corrected chi connectivity index (χ1v) is 10.1. The molecular formula is C24H21FN2O5. The first-order valence-electron chi connectivity index (χ1n) is 10.1. The van der Waals surface area contributed by atoms with E-state index in [0.717, 1.165) is 11.3 Å². The second kappa shape index (κ2) is 8.66. The normalized spacial score (nSPS) is 17.7. The van der Waals surface area contributed by atoms with E-state index in [0.29, 0.717) is 23.7 Å². The number of nitrogens with zero attached hydrogens (tertiary/aromatic N) is 2. The molecule has 32 heavy (non-hydrogen) atoms. The van der Waals surface area contributed by atoms with Crippen molar-refractivity contribution in [1.82, 2.24) is 5.16 Å². The monoisotopic (exact) mass is 436 g/mol. The standard InChI is InChI=1S/C24H21FN2O5/c1-3-12-31-16-10-8-15(9-11-16)22(28)20-21(17-6-4-5-7-18(17)25)27(24(30)23(20)29)19-13-14(2)32-26-19/h4-11,13,21,28H,3,12H2,1-2H3/b22-20+. The molecule has 7 nitrogen and oxygen atoms in total. The molecule has 1 aliphatic heterocycles. The van der Waals surface area contributed by atoms with Gasteiger partial charge in [-0.3, -0.25) is 14.5 Å². The Kier molecular flexibility index (Phi) is 5.77. The molecule has 1 aliphatic rings. The van der Waals surface area contributed by atoms with Gasteiger partial charge in [-0.2, -0.15) is 0 Å². The van der Waals surface area contributed by atoms with Gasteiger partial charge in [0.1, 0.15) is 23.1 Å². The molecule has 0 radical (unpaired) electrons. The number of ketones is 1. The third-order valence-electron chi connectivity index (χ3n) is 5.11. The Bertz CT molecular complexity index is 1200. The predicted octanol–water partition coefficient (Wildman–Crippen LogP) is 4.54. The number of aliphatic hydroxyl groups excluding tert-OH is 1. The Morgan fingerprint density at radius 1 is 1.19 bits per heavy atom. The number of rotatable bonds is 6. The van der Waals surface area contributed by atoms with Crippen LogP contribution in [-0.4, -0.2) is 28.6 Å². The number of hydrogen-bond acceptors (Lipinski definition) is 6. The van der Waals surface area contributed by atoms with Crippen molar-refractivity contribution in [2.24, 2.45) is 0 Å². The van der Waals surface area contributed by atoms with E-state index in [9.17, 15) is 19.1 Å². The summed E-state index contributed by atoms with van der Waals surface area (Å²) in [5, 5.41) is 14.9. The molecule has 1 unspecified atom stereocenters. The number of ether oxygens (including phenoxy) is 1. The van der Waals surface area contributed by atoms with Crippen molar-refractivity contribution in [3.05, 3.63) is 82.9 Å². The van der Waals surface area contributed by atoms with Crippen molar-refractivity contribution >= 4 is 23.3 Å². The summed E-state index contributed by atoms with van der Waals surface area (Å²) in [6, 6.07) is 12.5. The number of anilines is 1. The summed E-state index contributed by atoms with van der Waals surface area (Å²) in [6.07, 6.45) is 0.843. The first-order chi connectivity index (χ1) is 15.4. The third kappa shape index (κ3) is 3.75. The van der Waals surface area contributed by atoms with Gasteiger partial charge in [0.15, 0.2) is 5.82 Å². The van der Waals surface area contributed by atoms with Gasteiger partial charge in [0, 0.05) is 17.2 Å². The van der Waals surface area contributed by atoms with E-state index in [4.69, 9.17) is 9.26 Å². The average Bonchev–Trinajstić information content (AvgIpc) is 3.33. The van der Waals surface area contributed by atoms with Gasteiger partial charge in [-0.15, -0.1) is 0 Å². The van der Waals surface area contributed by atoms with Gasteiger partial charge in [0.05, 0.1) is 18.2 Å². The SMILES string of the molecule is CCCOc1ccc(/C(O)=C2\C(=O)C(=O)N(c3cc(C)on3)C2c2ccccc2F)cc1. The molecule has 1 N–H and O–H groups in total. The molecule has 2 heterocycles. The van der Waals surface area contributed by atoms with Crippen LogP contribution in [0.15, 0.2) is 64.7 Å². The fourth-order valence-electron chi connectivity index (χ4n) is 3.61. The molecule has 0 aliphatic carbocycles. The number of halogens is 1. The van der Waals surface area contributed by atoms with Crippen LogP contribution >= 0.6 is 0 Å². The van der Waals surface area contributed by atoms with Gasteiger partial charge >= 0.3 is 5.91 Å². The van der Waals surface area contributed by atoms with Gasteiger partial charge < -0.3 is 14.4 Å². The van der Waals surface area contributed by atoms with Crippen molar-refractivity contribution in [1.29, 1.82) is 0 Å². The fraction of sp³-hybridized carbons (Fsp3) is 0.208. The largest absolute Gasteiger partial charge is 0.507 e. The highest BCUT2D eigenvalue weighted by molar-refractivity contribution is 6.51. The second-order valence-corrected chi connectivity index (χ2v) is 7.36. The van der Waals surface area contributed by atoms with E-state index >= 15 is 0 Å². The summed E-state index contributed by atoms with van der Waals surface area (Å²) in [7, 11) is 0. The summed E-state index contributed by atoms with van der Waals surface area (Å²) in [4.78, 5) is 27.0. The van der Waals surface area contributed by atoms with Crippen LogP contribution < -0.4 is 9.64 Å². The number of amides is 1. The van der Waals surface area contributed by atoms with Crippen LogP contribution in [0.3, 0.4) is 0 Å². The van der Waals surface area contributed by atoms with E-state index in [-0.39, 0.29) is 17.0 Å². The lowest BCUT2D eigenvalue weighted by molar-refractivity contribution is -0.132. The van der Waals surface area contributed by atoms with Crippen molar-refractivity contribution in [2.75, 3.05) is 11.5 Å². The smallest absolute Gasteiger partial charge is 0.301 e. The lowest BCUT2D eigenvalue weighted by Crippen LogP contribution is -2.30. The van der Waals surface area contributed by atoms with E-state index < -0.39 is 29.3 Å². The van der Waals surface area contributed by atoms with Crippen LogP contribution in [0, 0.1) is 12.7 Å². The zero-order valence-electron chi connectivity index (χ0n) is 17.5. The number of aryl methyl sites for hydroxylation is 1. The first kappa shape index (κ1) is 21.3. The molecule has 1 atom stereocenters. The molecule has 1 saturated heterocycles. The molecule has 1 aromatic heterocycles. The maximum atomic E-state index is 14.8. The van der Waals surface area contributed by atoms with E-state index in [1.165, 1.54) is 24.3 Å². The molecule has 164 valence electrons. The second-order valence-electron chi connectivity index (χ2n) is 7.36. The Hall–Kier alpha value is -3.94. The Morgan fingerprint density at radius 3 is 2.53 bits per heavy atom. The molecule has 0 spiro atoms. The van der Waals surface area contributed by atoms with Crippen LogP contribution in [0.1, 0.15) is 36.3 Å². The predicted molar refractivity (Wildman–Crippen MR) is 115 cm³/mol. The topological polar surface area (TPSA) is 92.9 Å². The van der Waals surface area contributed by atoms with Crippen LogP contribution in [0.5, 0.6) is 5.75 Å². The number of hydrogen-bond donors (Lipinski definition) is 1. The van der Waals surface area contributed by atoms with Gasteiger partial charge in [-0.25, -0.2) is 4.39 Å². The lowest BCUT2D eigenvalue weighted by atomic mass is 9.95. The van der Waals surface area contributed by atoms with Gasteiger partial charge in [0.2, 0.25) is 0 Å². The minimum Gasteiger partial charge on any atom is -0.507 e. The number of benzene rings is 2. The van der Waals surface area contributed by atoms with Crippen LogP contribution in [-0.2, 0) is 9.59 Å². The van der Waals surface area contributed by atoms with E-state index in [2.05, 4.69) is 5.16 Å². The number of carbonyl (C=O) groups is 2. The fourth-order valence-corrected chi connectivity index (χ4v) is 3.61. The number of Topliss-reactive ketones (excluding diaryl/α,β-unsaturated/α-hetero) is 1. The van der Waals surface area contributed by atoms with E-state index in [1.54, 1.807) is 37.3 Å². The summed E-state index contributed by atoms with van der Waals surface area (Å²) in [5.41, 5.74) is 0.115. The van der Waals surface area contributed by atoms with E-state index in [1.807, 2.05) is 6.92 Å². The van der Waals surface area contributed by atoms with Crippen LogP contribution in [0.4, 0.5) is 10.2 Å². The Balaban J connectivity index is 1.86. The highest BCUT2D eigenvalue weighted by atomic mass is 19.1. The zero-order valence-corrected chi connectivity index (χ0v) is 17.5. The third-order valence-corrected chi connectivity index (χ3v) is 5.11. The average molecular weight is 436 g/mol. The van der Waals surface area contributed by atoms with Crippen molar-refractivity contribution in [2.45, 2.75) is 26.3 Å². The molecule has 8 heteroatoms. The molecule has 3 aromatic rings. The number of aliphatic hydroxyl groups is 1. The Labute approximate surface area is 183 Å². The zero-order chi connectivity index (χ0) is 22.8. The Morgan fingerprint density at radius 2 is 1.91 bits per heavy atom. The van der Waals surface area contributed by atoms with Crippen LogP contribution in [0.25, 0.3) is 5.76 Å². The summed E-state index contributed by atoms with van der Waals surface area (Å²) in [5.74, 6) is -1.84. The molecular weight excluding hydrogens is 415 g/mol. The minimum absolute atomic E-state index is 0.0526. The summed E-state index contributed by atoms with van der Waals surface area (Å²) >= 11 is 0. The molecule has 0 bridgehead atoms. The lowest BCUT2D eigenvalue weighted by Gasteiger charge is -2.23. The highest BCUT2D eigenvalue weighted by Gasteiger charge is 2.48. The van der Waals surface area contributed by atoms with Crippen molar-refractivity contribution in [3.8, 4) is 5.75 Å². The molecule has 0 saturated carbocycles. The van der Waals surface area contributed by atoms with Gasteiger partial charge in [-0.05, 0) is 43.7 Å². The highest BCUT2D eigenvalue weighted by Crippen LogP contribution is 2.42.